The fourth-order valence-electron chi connectivity index (χ4n) is 2.69. The number of carbonyl (C=O) groups is 1. The van der Waals surface area contributed by atoms with Crippen LogP contribution in [0.4, 0.5) is 4.39 Å². The van der Waals surface area contributed by atoms with E-state index in [0.29, 0.717) is 12.5 Å². The summed E-state index contributed by atoms with van der Waals surface area (Å²) in [6, 6.07) is 4.57. The van der Waals surface area contributed by atoms with Crippen molar-refractivity contribution in [1.29, 1.82) is 0 Å². The van der Waals surface area contributed by atoms with Gasteiger partial charge in [0.1, 0.15) is 5.82 Å². The summed E-state index contributed by atoms with van der Waals surface area (Å²) in [5.74, 6) is -0.186. The zero-order chi connectivity index (χ0) is 15.4. The number of carbonyl (C=O) groups excluding carboxylic acids is 1. The molecular formula is C16H22BrFN2O. The zero-order valence-electron chi connectivity index (χ0n) is 12.5. The third-order valence-electron chi connectivity index (χ3n) is 3.96. The van der Waals surface area contributed by atoms with Gasteiger partial charge >= 0.3 is 0 Å². The lowest BCUT2D eigenvalue weighted by atomic mass is 9.96. The second-order valence-corrected chi connectivity index (χ2v) is 6.78. The molecule has 2 rings (SSSR count). The van der Waals surface area contributed by atoms with Gasteiger partial charge in [0, 0.05) is 17.1 Å². The summed E-state index contributed by atoms with van der Waals surface area (Å²) in [5, 5.41) is 3.33. The molecule has 1 aromatic carbocycles. The van der Waals surface area contributed by atoms with E-state index >= 15 is 0 Å². The fourth-order valence-corrected chi connectivity index (χ4v) is 3.05. The van der Waals surface area contributed by atoms with Gasteiger partial charge in [-0.2, -0.15) is 0 Å². The molecule has 1 aliphatic heterocycles. The van der Waals surface area contributed by atoms with Crippen molar-refractivity contribution in [2.75, 3.05) is 19.6 Å². The third kappa shape index (κ3) is 4.27. The number of amides is 1. The maximum atomic E-state index is 13.9. The van der Waals surface area contributed by atoms with Gasteiger partial charge in [0.2, 0.25) is 0 Å². The van der Waals surface area contributed by atoms with E-state index in [1.807, 2.05) is 13.8 Å². The first-order chi connectivity index (χ1) is 9.99. The molecule has 0 aliphatic carbocycles. The average Bonchev–Trinajstić information content (AvgIpc) is 2.47. The van der Waals surface area contributed by atoms with Crippen LogP contribution >= 0.6 is 15.9 Å². The molecule has 21 heavy (non-hydrogen) atoms. The van der Waals surface area contributed by atoms with E-state index in [0.717, 1.165) is 30.4 Å². The third-order valence-corrected chi connectivity index (χ3v) is 4.45. The molecule has 1 N–H and O–H groups in total. The normalized spacial score (nSPS) is 16.2. The summed E-state index contributed by atoms with van der Waals surface area (Å²) in [5.41, 5.74) is 0.145. The lowest BCUT2D eigenvalue weighted by Crippen LogP contribution is -2.43. The molecule has 1 saturated heterocycles. The Morgan fingerprint density at radius 2 is 2.10 bits per heavy atom. The van der Waals surface area contributed by atoms with Crippen molar-refractivity contribution in [1.82, 2.24) is 10.2 Å². The van der Waals surface area contributed by atoms with Gasteiger partial charge < -0.3 is 10.2 Å². The molecule has 116 valence electrons. The summed E-state index contributed by atoms with van der Waals surface area (Å²) in [4.78, 5) is 14.5. The van der Waals surface area contributed by atoms with E-state index in [9.17, 15) is 9.18 Å². The molecular weight excluding hydrogens is 335 g/mol. The minimum absolute atomic E-state index is 0.0609. The Hall–Kier alpha value is -0.940. The molecule has 0 spiro atoms. The van der Waals surface area contributed by atoms with Crippen molar-refractivity contribution in [2.45, 2.75) is 32.7 Å². The SMILES string of the molecule is CC(C)N(CC1CCNCC1)C(=O)c1cc(Br)ccc1F. The standard InChI is InChI=1S/C16H22BrFN2O/c1-11(2)20(10-12-5-7-19-8-6-12)16(21)14-9-13(17)3-4-15(14)18/h3-4,9,11-12,19H,5-8,10H2,1-2H3. The smallest absolute Gasteiger partial charge is 0.257 e. The van der Waals surface area contributed by atoms with Gasteiger partial charge in [-0.15, -0.1) is 0 Å². The summed E-state index contributed by atoms with van der Waals surface area (Å²) < 4.78 is 14.7. The lowest BCUT2D eigenvalue weighted by Gasteiger charge is -2.33. The van der Waals surface area contributed by atoms with E-state index in [2.05, 4.69) is 21.2 Å². The largest absolute Gasteiger partial charge is 0.336 e. The summed E-state index contributed by atoms with van der Waals surface area (Å²) in [6.45, 7) is 6.65. The minimum atomic E-state index is -0.459. The number of nitrogens with zero attached hydrogens (tertiary/aromatic N) is 1. The number of nitrogens with one attached hydrogen (secondary N) is 1. The molecule has 0 unspecified atom stereocenters. The fraction of sp³-hybridized carbons (Fsp3) is 0.562. The second-order valence-electron chi connectivity index (χ2n) is 5.87. The first-order valence-electron chi connectivity index (χ1n) is 7.45. The highest BCUT2D eigenvalue weighted by Gasteiger charge is 2.25. The molecule has 0 atom stereocenters. The number of halogens is 2. The van der Waals surface area contributed by atoms with Crippen molar-refractivity contribution in [3.05, 3.63) is 34.1 Å². The Bertz CT molecular complexity index is 501. The van der Waals surface area contributed by atoms with Crippen molar-refractivity contribution in [3.8, 4) is 0 Å². The van der Waals surface area contributed by atoms with Gasteiger partial charge in [-0.25, -0.2) is 4.39 Å². The molecule has 1 amide bonds. The van der Waals surface area contributed by atoms with E-state index in [1.54, 1.807) is 17.0 Å². The second kappa shape index (κ2) is 7.36. The predicted octanol–water partition coefficient (Wildman–Crippen LogP) is 3.44. The Labute approximate surface area is 134 Å². The molecule has 3 nitrogen and oxygen atoms in total. The summed E-state index contributed by atoms with van der Waals surface area (Å²) >= 11 is 3.30. The van der Waals surface area contributed by atoms with Crippen LogP contribution in [-0.4, -0.2) is 36.5 Å². The highest BCUT2D eigenvalue weighted by atomic mass is 79.9. The molecule has 1 fully saturated rings. The van der Waals surface area contributed by atoms with Gasteiger partial charge in [0.25, 0.3) is 5.91 Å². The van der Waals surface area contributed by atoms with Gasteiger partial charge in [-0.1, -0.05) is 15.9 Å². The Balaban J connectivity index is 2.16. The van der Waals surface area contributed by atoms with Crippen LogP contribution in [0, 0.1) is 11.7 Å². The monoisotopic (exact) mass is 356 g/mol. The molecule has 0 bridgehead atoms. The predicted molar refractivity (Wildman–Crippen MR) is 85.9 cm³/mol. The minimum Gasteiger partial charge on any atom is -0.336 e. The zero-order valence-corrected chi connectivity index (χ0v) is 14.1. The number of hydrogen-bond acceptors (Lipinski definition) is 2. The number of rotatable bonds is 4. The number of benzene rings is 1. The van der Waals surface area contributed by atoms with Gasteiger partial charge in [0.05, 0.1) is 5.56 Å². The Morgan fingerprint density at radius 3 is 2.71 bits per heavy atom. The maximum absolute atomic E-state index is 13.9. The van der Waals surface area contributed by atoms with Crippen LogP contribution in [0.3, 0.4) is 0 Å². The van der Waals surface area contributed by atoms with Crippen molar-refractivity contribution < 1.29 is 9.18 Å². The van der Waals surface area contributed by atoms with E-state index < -0.39 is 5.82 Å². The van der Waals surface area contributed by atoms with Crippen LogP contribution in [0.15, 0.2) is 22.7 Å². The van der Waals surface area contributed by atoms with Crippen LogP contribution in [0.1, 0.15) is 37.0 Å². The topological polar surface area (TPSA) is 32.3 Å². The molecule has 1 heterocycles. The Morgan fingerprint density at radius 1 is 1.43 bits per heavy atom. The summed E-state index contributed by atoms with van der Waals surface area (Å²) in [7, 11) is 0. The van der Waals surface area contributed by atoms with Crippen LogP contribution in [-0.2, 0) is 0 Å². The van der Waals surface area contributed by atoms with Crippen LogP contribution in [0.25, 0.3) is 0 Å². The Kier molecular flexibility index (Phi) is 5.76. The number of hydrogen-bond donors (Lipinski definition) is 1. The molecule has 5 heteroatoms. The quantitative estimate of drug-likeness (QED) is 0.895. The summed E-state index contributed by atoms with van der Waals surface area (Å²) in [6.07, 6.45) is 2.13. The van der Waals surface area contributed by atoms with Gasteiger partial charge in [-0.05, 0) is 63.9 Å². The first kappa shape index (κ1) is 16.4. The van der Waals surface area contributed by atoms with E-state index in [1.165, 1.54) is 6.07 Å². The molecule has 0 saturated carbocycles. The van der Waals surface area contributed by atoms with Gasteiger partial charge in [0.15, 0.2) is 0 Å². The van der Waals surface area contributed by atoms with Crippen LogP contribution in [0.2, 0.25) is 0 Å². The van der Waals surface area contributed by atoms with Crippen molar-refractivity contribution in [2.24, 2.45) is 5.92 Å². The molecule has 0 aromatic heterocycles. The average molecular weight is 357 g/mol. The van der Waals surface area contributed by atoms with Gasteiger partial charge in [-0.3, -0.25) is 4.79 Å². The molecule has 1 aliphatic rings. The number of piperidine rings is 1. The van der Waals surface area contributed by atoms with Crippen molar-refractivity contribution >= 4 is 21.8 Å². The van der Waals surface area contributed by atoms with Crippen molar-refractivity contribution in [3.63, 3.8) is 0 Å². The van der Waals surface area contributed by atoms with E-state index in [-0.39, 0.29) is 17.5 Å². The molecule has 0 radical (unpaired) electrons. The highest BCUT2D eigenvalue weighted by Crippen LogP contribution is 2.21. The van der Waals surface area contributed by atoms with Crippen LogP contribution < -0.4 is 5.32 Å². The lowest BCUT2D eigenvalue weighted by molar-refractivity contribution is 0.0653. The van der Waals surface area contributed by atoms with E-state index in [4.69, 9.17) is 0 Å². The highest BCUT2D eigenvalue weighted by molar-refractivity contribution is 9.10. The molecule has 1 aromatic rings. The maximum Gasteiger partial charge on any atom is 0.257 e. The van der Waals surface area contributed by atoms with Crippen LogP contribution in [0.5, 0.6) is 0 Å². The first-order valence-corrected chi connectivity index (χ1v) is 8.25.